The summed E-state index contributed by atoms with van der Waals surface area (Å²) < 4.78 is 54.6. The molecule has 0 heterocycles. The van der Waals surface area contributed by atoms with Gasteiger partial charge in [-0.05, 0) is 45.7 Å². The predicted octanol–water partition coefficient (Wildman–Crippen LogP) is 4.54. The van der Waals surface area contributed by atoms with Crippen molar-refractivity contribution in [2.75, 3.05) is 0 Å². The van der Waals surface area contributed by atoms with Gasteiger partial charge in [0.2, 0.25) is 0 Å². The van der Waals surface area contributed by atoms with E-state index < -0.39 is 27.8 Å². The van der Waals surface area contributed by atoms with Crippen molar-refractivity contribution in [1.29, 1.82) is 0 Å². The van der Waals surface area contributed by atoms with Crippen molar-refractivity contribution in [3.05, 3.63) is 34.9 Å². The fourth-order valence-corrected chi connectivity index (χ4v) is 2.50. The fourth-order valence-electron chi connectivity index (χ4n) is 1.88. The topological polar surface area (TPSA) is 35.4 Å². The van der Waals surface area contributed by atoms with E-state index in [9.17, 15) is 17.7 Å². The fraction of sp³-hybridized carbons (Fsp3) is 0.533. The molecule has 1 unspecified atom stereocenters. The van der Waals surface area contributed by atoms with Gasteiger partial charge in [-0.25, -0.2) is 0 Å². The Morgan fingerprint density at radius 3 is 2.24 bits per heavy atom. The highest BCUT2D eigenvalue weighted by Gasteiger charge is 2.34. The maximum absolute atomic E-state index is 13.0. The van der Waals surface area contributed by atoms with E-state index in [1.54, 1.807) is 40.7 Å². The normalized spacial score (nSPS) is 15.2. The van der Waals surface area contributed by atoms with Crippen molar-refractivity contribution in [2.45, 2.75) is 52.0 Å². The first-order valence-electron chi connectivity index (χ1n) is 6.65. The second-order valence-electron chi connectivity index (χ2n) is 5.72. The molecule has 0 N–H and O–H groups in total. The first-order valence-corrected chi connectivity index (χ1v) is 7.76. The molecule has 1 atom stereocenters. The van der Waals surface area contributed by atoms with Crippen LogP contribution in [0.3, 0.4) is 0 Å². The molecule has 1 aromatic carbocycles. The Morgan fingerprint density at radius 2 is 1.81 bits per heavy atom. The quantitative estimate of drug-likeness (QED) is 0.595. The van der Waals surface area contributed by atoms with Gasteiger partial charge in [-0.2, -0.15) is 13.2 Å². The number of hydrogen-bond donors (Lipinski definition) is 0. The van der Waals surface area contributed by atoms with Crippen LogP contribution in [0.15, 0.2) is 22.6 Å². The van der Waals surface area contributed by atoms with Crippen molar-refractivity contribution in [3.63, 3.8) is 0 Å². The van der Waals surface area contributed by atoms with E-state index in [2.05, 4.69) is 4.40 Å². The Kier molecular flexibility index (Phi) is 5.50. The third-order valence-electron chi connectivity index (χ3n) is 2.97. The molecule has 0 aliphatic heterocycles. The molecule has 1 rings (SSSR count). The lowest BCUT2D eigenvalue weighted by molar-refractivity contribution is -0.138. The van der Waals surface area contributed by atoms with E-state index in [4.69, 9.17) is 0 Å². The van der Waals surface area contributed by atoms with E-state index in [0.717, 1.165) is 6.07 Å². The molecule has 0 aromatic heterocycles. The van der Waals surface area contributed by atoms with Crippen molar-refractivity contribution in [1.82, 2.24) is 0 Å². The number of benzene rings is 1. The minimum absolute atomic E-state index is 0.192. The molecule has 0 saturated heterocycles. The Hall–Kier alpha value is -1.01. The van der Waals surface area contributed by atoms with Gasteiger partial charge in [0.05, 0.1) is 11.3 Å². The lowest BCUT2D eigenvalue weighted by Crippen LogP contribution is -2.27. The summed E-state index contributed by atoms with van der Waals surface area (Å²) in [5.41, 5.74) is 0.312. The molecule has 0 bridgehead atoms. The van der Waals surface area contributed by atoms with E-state index in [0.29, 0.717) is 11.3 Å². The van der Waals surface area contributed by atoms with Gasteiger partial charge in [-0.3, -0.25) is 0 Å². The minimum atomic E-state index is -4.40. The largest absolute Gasteiger partial charge is 0.591 e. The summed E-state index contributed by atoms with van der Waals surface area (Å²) in [4.78, 5) is 0. The third-order valence-corrected chi connectivity index (χ3v) is 4.46. The SMILES string of the molecule is CCc1c(C(C)=N[S+]([O-])C(C)(C)C)cccc1C(F)(F)F. The van der Waals surface area contributed by atoms with E-state index in [-0.39, 0.29) is 12.0 Å². The summed E-state index contributed by atoms with van der Waals surface area (Å²) in [5, 5.41) is 0. The molecule has 0 spiro atoms. The van der Waals surface area contributed by atoms with Crippen molar-refractivity contribution in [2.24, 2.45) is 4.40 Å². The van der Waals surface area contributed by atoms with Crippen LogP contribution < -0.4 is 0 Å². The summed E-state index contributed by atoms with van der Waals surface area (Å²) in [6, 6.07) is 4.01. The highest BCUT2D eigenvalue weighted by atomic mass is 32.2. The van der Waals surface area contributed by atoms with Gasteiger partial charge in [0, 0.05) is 5.56 Å². The van der Waals surface area contributed by atoms with Crippen LogP contribution in [0.5, 0.6) is 0 Å². The van der Waals surface area contributed by atoms with Gasteiger partial charge in [0.25, 0.3) is 0 Å². The Morgan fingerprint density at radius 1 is 1.24 bits per heavy atom. The zero-order valence-corrected chi connectivity index (χ0v) is 13.7. The second-order valence-corrected chi connectivity index (χ2v) is 7.63. The first-order chi connectivity index (χ1) is 9.48. The molecule has 0 amide bonds. The van der Waals surface area contributed by atoms with Crippen LogP contribution in [0.2, 0.25) is 0 Å². The van der Waals surface area contributed by atoms with Crippen LogP contribution in [-0.4, -0.2) is 15.0 Å². The average molecular weight is 319 g/mol. The van der Waals surface area contributed by atoms with Crippen LogP contribution in [-0.2, 0) is 24.0 Å². The predicted molar refractivity (Wildman–Crippen MR) is 80.9 cm³/mol. The van der Waals surface area contributed by atoms with Gasteiger partial charge in [0.15, 0.2) is 0 Å². The van der Waals surface area contributed by atoms with Crippen molar-refractivity contribution in [3.8, 4) is 0 Å². The molecule has 0 aliphatic rings. The number of nitrogens with zero attached hydrogens (tertiary/aromatic N) is 1. The van der Waals surface area contributed by atoms with Crippen LogP contribution >= 0.6 is 0 Å². The number of rotatable bonds is 3. The molecule has 1 aromatic rings. The van der Waals surface area contributed by atoms with Gasteiger partial charge >= 0.3 is 6.18 Å². The van der Waals surface area contributed by atoms with Crippen LogP contribution in [0.25, 0.3) is 0 Å². The van der Waals surface area contributed by atoms with Crippen molar-refractivity contribution < 1.29 is 17.7 Å². The molecule has 0 radical (unpaired) electrons. The summed E-state index contributed by atoms with van der Waals surface area (Å²) in [5.74, 6) is 0. The van der Waals surface area contributed by atoms with Crippen LogP contribution in [0, 0.1) is 0 Å². The second kappa shape index (κ2) is 6.40. The molecule has 21 heavy (non-hydrogen) atoms. The molecular weight excluding hydrogens is 299 g/mol. The van der Waals surface area contributed by atoms with Gasteiger partial charge in [-0.1, -0.05) is 23.5 Å². The van der Waals surface area contributed by atoms with Crippen LogP contribution in [0.1, 0.15) is 51.3 Å². The lowest BCUT2D eigenvalue weighted by atomic mass is 9.96. The van der Waals surface area contributed by atoms with Gasteiger partial charge in [0.1, 0.15) is 16.1 Å². The molecule has 6 heteroatoms. The number of alkyl halides is 3. The lowest BCUT2D eigenvalue weighted by Gasteiger charge is -2.20. The smallest absolute Gasteiger partial charge is 0.416 e. The number of hydrogen-bond acceptors (Lipinski definition) is 2. The zero-order valence-electron chi connectivity index (χ0n) is 12.8. The Labute approximate surface area is 126 Å². The summed E-state index contributed by atoms with van der Waals surface area (Å²) in [7, 11) is 0. The molecule has 118 valence electrons. The van der Waals surface area contributed by atoms with E-state index >= 15 is 0 Å². The first kappa shape index (κ1) is 18.0. The van der Waals surface area contributed by atoms with Crippen molar-refractivity contribution >= 4 is 17.1 Å². The molecule has 2 nitrogen and oxygen atoms in total. The highest BCUT2D eigenvalue weighted by Crippen LogP contribution is 2.34. The van der Waals surface area contributed by atoms with E-state index in [1.807, 2.05) is 0 Å². The molecular formula is C15H20F3NOS. The maximum atomic E-state index is 13.0. The molecule has 0 fully saturated rings. The molecule has 0 aliphatic carbocycles. The third kappa shape index (κ3) is 4.48. The number of halogens is 3. The molecule has 0 saturated carbocycles. The van der Waals surface area contributed by atoms with Crippen LogP contribution in [0.4, 0.5) is 13.2 Å². The standard InChI is InChI=1S/C15H20F3NOS/c1-6-11-12(8-7-9-13(11)15(16,17)18)10(2)19-21(20)14(3,4)5/h7-9H,6H2,1-5H3. The zero-order chi connectivity index (χ0) is 16.4. The Balaban J connectivity index is 3.35. The Bertz CT molecular complexity index is 533. The summed E-state index contributed by atoms with van der Waals surface area (Å²) >= 11 is -1.50. The summed E-state index contributed by atoms with van der Waals surface area (Å²) in [6.07, 6.45) is -4.16. The van der Waals surface area contributed by atoms with Gasteiger partial charge < -0.3 is 4.55 Å². The highest BCUT2D eigenvalue weighted by molar-refractivity contribution is 7.91. The minimum Gasteiger partial charge on any atom is -0.591 e. The van der Waals surface area contributed by atoms with E-state index in [1.165, 1.54) is 6.07 Å². The monoisotopic (exact) mass is 319 g/mol. The maximum Gasteiger partial charge on any atom is 0.416 e. The average Bonchev–Trinajstić information content (AvgIpc) is 2.35. The summed E-state index contributed by atoms with van der Waals surface area (Å²) in [6.45, 7) is 8.58. The van der Waals surface area contributed by atoms with Gasteiger partial charge in [-0.15, -0.1) is 0 Å².